The Morgan fingerprint density at radius 2 is 1.93 bits per heavy atom. The van der Waals surface area contributed by atoms with Gasteiger partial charge in [-0.2, -0.15) is 0 Å². The van der Waals surface area contributed by atoms with Gasteiger partial charge < -0.3 is 25.0 Å². The van der Waals surface area contributed by atoms with Crippen molar-refractivity contribution in [2.45, 2.75) is 89.2 Å². The van der Waals surface area contributed by atoms with E-state index in [-0.39, 0.29) is 24.2 Å². The Hall–Kier alpha value is -3.24. The molecule has 2 heterocycles. The van der Waals surface area contributed by atoms with Gasteiger partial charge in [-0.15, -0.1) is 0 Å². The number of rotatable bonds is 6. The molecule has 4 aliphatic carbocycles. The van der Waals surface area contributed by atoms with Gasteiger partial charge in [-0.3, -0.25) is 9.59 Å². The molecule has 0 spiro atoms. The standard InChI is InChI=1S/C36H41FN2O6/c1-20-5-7-22(8-6-20)21(2)39-31-12-9-23(18-38-31)32-44-30-16-27-26-11-10-24-15-25(41)13-14-33(24,3)35(26,37)28(42)17-34(27,4)36(30,45-32)29(43)19-40/h5-9,12-15,18,21,26-28,30,32,40,42H,10-11,16-17,19H2,1-4H3,(H,38,39)/t21-,26+,27+,28+,30-,32-,33+,34+,35+,36-/m1/s1. The molecule has 7 rings (SSSR count). The van der Waals surface area contributed by atoms with Crippen molar-refractivity contribution in [3.8, 4) is 0 Å². The molecule has 238 valence electrons. The van der Waals surface area contributed by atoms with Gasteiger partial charge in [0.15, 0.2) is 29.1 Å². The monoisotopic (exact) mass is 616 g/mol. The van der Waals surface area contributed by atoms with E-state index in [9.17, 15) is 19.8 Å². The zero-order valence-corrected chi connectivity index (χ0v) is 26.1. The number of aromatic nitrogens is 1. The second-order valence-corrected chi connectivity index (χ2v) is 14.1. The van der Waals surface area contributed by atoms with Crippen LogP contribution in [0.1, 0.15) is 75.5 Å². The van der Waals surface area contributed by atoms with Crippen LogP contribution >= 0.6 is 0 Å². The number of halogens is 1. The SMILES string of the molecule is Cc1ccc([C@@H](C)Nc2ccc([C@@H]3O[C@@H]4C[C@H]5[C@@H]6CCC7=CC(=O)C=C[C@]7(C)[C@@]6(F)[C@@H](O)C[C@]5(C)[C@]4(C(=O)CO)O3)cn2)cc1. The number of pyridine rings is 1. The molecule has 1 saturated heterocycles. The number of nitrogens with zero attached hydrogens (tertiary/aromatic N) is 1. The van der Waals surface area contributed by atoms with Crippen molar-refractivity contribution in [3.05, 3.63) is 83.1 Å². The quantitative estimate of drug-likeness (QED) is 0.403. The number of Topliss-reactive ketones (excluding diaryl/α,β-unsaturated/α-hetero) is 1. The van der Waals surface area contributed by atoms with Gasteiger partial charge in [0.2, 0.25) is 0 Å². The third kappa shape index (κ3) is 4.13. The van der Waals surface area contributed by atoms with Gasteiger partial charge in [0.1, 0.15) is 12.4 Å². The van der Waals surface area contributed by atoms with Crippen LogP contribution in [0.15, 0.2) is 66.4 Å². The molecule has 1 aliphatic heterocycles. The summed E-state index contributed by atoms with van der Waals surface area (Å²) in [6.45, 7) is 6.99. The predicted molar refractivity (Wildman–Crippen MR) is 165 cm³/mol. The van der Waals surface area contributed by atoms with Crippen molar-refractivity contribution in [1.29, 1.82) is 0 Å². The lowest BCUT2D eigenvalue weighted by Gasteiger charge is -2.62. The van der Waals surface area contributed by atoms with Crippen LogP contribution in [0.3, 0.4) is 0 Å². The summed E-state index contributed by atoms with van der Waals surface area (Å²) >= 11 is 0. The molecule has 3 N–H and O–H groups in total. The molecular weight excluding hydrogens is 575 g/mol. The van der Waals surface area contributed by atoms with E-state index < -0.39 is 58.9 Å². The fraction of sp³-hybridized carbons (Fsp3) is 0.528. The van der Waals surface area contributed by atoms with Crippen molar-refractivity contribution < 1.29 is 33.7 Å². The first-order valence-corrected chi connectivity index (χ1v) is 15.9. The maximum absolute atomic E-state index is 17.6. The van der Waals surface area contributed by atoms with Gasteiger partial charge in [0.25, 0.3) is 0 Å². The molecule has 8 nitrogen and oxygen atoms in total. The van der Waals surface area contributed by atoms with Gasteiger partial charge in [-0.05, 0) is 82.2 Å². The Labute approximate surface area is 262 Å². The summed E-state index contributed by atoms with van der Waals surface area (Å²) in [7, 11) is 0. The van der Waals surface area contributed by atoms with Crippen LogP contribution in [0.5, 0.6) is 0 Å². The molecule has 0 unspecified atom stereocenters. The molecular formula is C36H41FN2O6. The zero-order chi connectivity index (χ0) is 31.9. The maximum Gasteiger partial charge on any atom is 0.193 e. The fourth-order valence-corrected chi connectivity index (χ4v) is 9.51. The van der Waals surface area contributed by atoms with E-state index in [2.05, 4.69) is 41.5 Å². The number of alkyl halides is 1. The number of aliphatic hydroxyl groups excluding tert-OH is 2. The number of ketones is 2. The highest BCUT2D eigenvalue weighted by molar-refractivity contribution is 6.01. The van der Waals surface area contributed by atoms with Gasteiger partial charge in [0, 0.05) is 34.6 Å². The number of nitrogens with one attached hydrogen (secondary N) is 1. The summed E-state index contributed by atoms with van der Waals surface area (Å²) in [6, 6.07) is 12.0. The van der Waals surface area contributed by atoms with Gasteiger partial charge in [0.05, 0.1) is 12.2 Å². The number of aryl methyl sites for hydroxylation is 1. The molecule has 1 aromatic heterocycles. The third-order valence-corrected chi connectivity index (χ3v) is 11.9. The second kappa shape index (κ2) is 10.4. The molecule has 0 bridgehead atoms. The summed E-state index contributed by atoms with van der Waals surface area (Å²) in [6.07, 6.45) is 4.33. The molecule has 9 heteroatoms. The van der Waals surface area contributed by atoms with E-state index >= 15 is 4.39 Å². The van der Waals surface area contributed by atoms with Gasteiger partial charge in [-0.25, -0.2) is 9.37 Å². The van der Waals surface area contributed by atoms with E-state index in [4.69, 9.17) is 9.47 Å². The molecule has 4 fully saturated rings. The second-order valence-electron chi connectivity index (χ2n) is 14.1. The first-order chi connectivity index (χ1) is 21.4. The molecule has 2 aromatic rings. The van der Waals surface area contributed by atoms with Crippen molar-refractivity contribution >= 4 is 17.4 Å². The molecule has 10 atom stereocenters. The highest BCUT2D eigenvalue weighted by Crippen LogP contribution is 2.72. The minimum absolute atomic E-state index is 0.0307. The van der Waals surface area contributed by atoms with Crippen molar-refractivity contribution in [2.24, 2.45) is 22.7 Å². The van der Waals surface area contributed by atoms with Crippen LogP contribution in [-0.2, 0) is 19.1 Å². The number of aliphatic hydroxyl groups is 2. The highest BCUT2D eigenvalue weighted by atomic mass is 19.1. The summed E-state index contributed by atoms with van der Waals surface area (Å²) in [5, 5.41) is 25.3. The fourth-order valence-electron chi connectivity index (χ4n) is 9.51. The normalized spacial score (nSPS) is 40.6. The van der Waals surface area contributed by atoms with E-state index in [1.807, 2.05) is 26.0 Å². The Morgan fingerprint density at radius 1 is 1.18 bits per heavy atom. The van der Waals surface area contributed by atoms with E-state index in [0.717, 1.165) is 5.56 Å². The number of fused-ring (bicyclic) bond motifs is 7. The van der Waals surface area contributed by atoms with Crippen LogP contribution < -0.4 is 5.32 Å². The summed E-state index contributed by atoms with van der Waals surface area (Å²) in [4.78, 5) is 30.5. The van der Waals surface area contributed by atoms with E-state index in [0.29, 0.717) is 36.2 Å². The number of carbonyl (C=O) groups is 2. The average molecular weight is 617 g/mol. The number of carbonyl (C=O) groups excluding carboxylic acids is 2. The largest absolute Gasteiger partial charge is 0.390 e. The van der Waals surface area contributed by atoms with Crippen LogP contribution in [0.25, 0.3) is 0 Å². The van der Waals surface area contributed by atoms with Crippen LogP contribution in [0, 0.1) is 29.6 Å². The Kier molecular flexibility index (Phi) is 7.02. The van der Waals surface area contributed by atoms with Crippen molar-refractivity contribution in [1.82, 2.24) is 4.98 Å². The highest BCUT2D eigenvalue weighted by Gasteiger charge is 2.79. The first-order valence-electron chi connectivity index (χ1n) is 15.9. The summed E-state index contributed by atoms with van der Waals surface area (Å²) < 4.78 is 30.6. The molecule has 0 amide bonds. The Morgan fingerprint density at radius 3 is 2.62 bits per heavy atom. The smallest absolute Gasteiger partial charge is 0.193 e. The maximum atomic E-state index is 17.6. The first kappa shape index (κ1) is 30.4. The number of allylic oxidation sites excluding steroid dienone is 4. The third-order valence-electron chi connectivity index (χ3n) is 11.9. The van der Waals surface area contributed by atoms with Crippen LogP contribution in [0.2, 0.25) is 0 Å². The number of hydrogen-bond donors (Lipinski definition) is 3. The minimum atomic E-state index is -2.04. The van der Waals surface area contributed by atoms with Gasteiger partial charge in [-0.1, -0.05) is 48.4 Å². The topological polar surface area (TPSA) is 118 Å². The molecule has 0 radical (unpaired) electrons. The Bertz CT molecular complexity index is 1590. The average Bonchev–Trinajstić information content (AvgIpc) is 3.52. The molecule has 45 heavy (non-hydrogen) atoms. The van der Waals surface area contributed by atoms with E-state index in [1.54, 1.807) is 19.2 Å². The number of ether oxygens (including phenoxy) is 2. The lowest BCUT2D eigenvalue weighted by molar-refractivity contribution is -0.231. The van der Waals surface area contributed by atoms with Crippen molar-refractivity contribution in [3.63, 3.8) is 0 Å². The lowest BCUT2D eigenvalue weighted by atomic mass is 9.44. The summed E-state index contributed by atoms with van der Waals surface area (Å²) in [5.74, 6) is -0.986. The number of anilines is 1. The van der Waals surface area contributed by atoms with Crippen LogP contribution in [0.4, 0.5) is 10.2 Å². The number of hydrogen-bond acceptors (Lipinski definition) is 8. The predicted octanol–water partition coefficient (Wildman–Crippen LogP) is 5.26. The van der Waals surface area contributed by atoms with Crippen LogP contribution in [-0.4, -0.2) is 56.8 Å². The molecule has 3 saturated carbocycles. The van der Waals surface area contributed by atoms with Gasteiger partial charge >= 0.3 is 0 Å². The van der Waals surface area contributed by atoms with E-state index in [1.165, 1.54) is 17.7 Å². The minimum Gasteiger partial charge on any atom is -0.390 e. The molecule has 5 aliphatic rings. The molecule has 1 aromatic carbocycles. The summed E-state index contributed by atoms with van der Waals surface area (Å²) in [5.41, 5.74) is -2.10. The van der Waals surface area contributed by atoms with Crippen molar-refractivity contribution in [2.75, 3.05) is 11.9 Å². The number of benzene rings is 1. The zero-order valence-electron chi connectivity index (χ0n) is 26.1. The Balaban J connectivity index is 1.16. The lowest BCUT2D eigenvalue weighted by Crippen LogP contribution is -2.69.